The van der Waals surface area contributed by atoms with Crippen LogP contribution in [0.3, 0.4) is 0 Å². The molecule has 0 aromatic heterocycles. The Balaban J connectivity index is 0.000001000. The molecule has 0 aliphatic heterocycles. The molecule has 0 aromatic rings. The summed E-state index contributed by atoms with van der Waals surface area (Å²) in [6.07, 6.45) is 5.66. The first kappa shape index (κ1) is 10.7. The van der Waals surface area contributed by atoms with Gasteiger partial charge in [0.2, 0.25) is 5.91 Å². The monoisotopic (exact) mass is 178 g/mol. The Hall–Kier alpha value is -0.280. The summed E-state index contributed by atoms with van der Waals surface area (Å²) in [4.78, 5) is 10.9. The Kier molecular flexibility index (Phi) is 5.24. The van der Waals surface area contributed by atoms with Gasteiger partial charge in [-0.05, 0) is 12.8 Å². The molecule has 0 unspecified atom stereocenters. The zero-order valence-electron chi connectivity index (χ0n) is 6.51. The van der Waals surface area contributed by atoms with Gasteiger partial charge in [-0.2, -0.15) is 0 Å². The number of amides is 1. The molecule has 1 amide bonds. The molecule has 0 bridgehead atoms. The molecule has 11 heavy (non-hydrogen) atoms. The van der Waals surface area contributed by atoms with Crippen LogP contribution in [0.4, 0.5) is 0 Å². The second-order valence-electron chi connectivity index (χ2n) is 2.84. The normalized spacial score (nSPS) is 18.6. The molecule has 0 aromatic carbocycles. The predicted molar refractivity (Wildman–Crippen MR) is 46.2 cm³/mol. The van der Waals surface area contributed by atoms with Crippen LogP contribution in [0.25, 0.3) is 0 Å². The minimum absolute atomic E-state index is 0. The quantitative estimate of drug-likeness (QED) is 0.357. The summed E-state index contributed by atoms with van der Waals surface area (Å²) in [6.45, 7) is 0. The third-order valence-electron chi connectivity index (χ3n) is 2.12. The highest BCUT2D eigenvalue weighted by atomic mass is 35.5. The van der Waals surface area contributed by atoms with Crippen molar-refractivity contribution in [2.24, 2.45) is 11.8 Å². The maximum Gasteiger partial charge on any atom is 0.236 e. The lowest BCUT2D eigenvalue weighted by Gasteiger charge is -2.19. The fourth-order valence-corrected chi connectivity index (χ4v) is 1.48. The molecule has 0 spiro atoms. The summed E-state index contributed by atoms with van der Waals surface area (Å²) >= 11 is 0. The van der Waals surface area contributed by atoms with Crippen LogP contribution in [0.2, 0.25) is 0 Å². The van der Waals surface area contributed by atoms with Crippen molar-refractivity contribution in [3.05, 3.63) is 0 Å². The van der Waals surface area contributed by atoms with Crippen molar-refractivity contribution < 1.29 is 4.79 Å². The van der Waals surface area contributed by atoms with Gasteiger partial charge < -0.3 is 0 Å². The van der Waals surface area contributed by atoms with Crippen molar-refractivity contribution in [2.45, 2.75) is 32.1 Å². The van der Waals surface area contributed by atoms with E-state index in [1.165, 1.54) is 19.3 Å². The van der Waals surface area contributed by atoms with E-state index < -0.39 is 0 Å². The van der Waals surface area contributed by atoms with Crippen molar-refractivity contribution >= 4 is 18.3 Å². The minimum Gasteiger partial charge on any atom is -0.294 e. The summed E-state index contributed by atoms with van der Waals surface area (Å²) in [7, 11) is 0. The standard InChI is InChI=1S/C7H14N2O.ClH/c8-9-7(10)6-4-2-1-3-5-6;/h6H,1-5,8H2,(H,9,10);1H. The number of hydrazine groups is 1. The van der Waals surface area contributed by atoms with Crippen molar-refractivity contribution in [1.29, 1.82) is 0 Å². The van der Waals surface area contributed by atoms with Crippen LogP contribution >= 0.6 is 12.4 Å². The first-order valence-corrected chi connectivity index (χ1v) is 3.85. The van der Waals surface area contributed by atoms with Crippen LogP contribution in [0, 0.1) is 5.92 Å². The van der Waals surface area contributed by atoms with E-state index in [9.17, 15) is 4.79 Å². The molecule has 1 saturated carbocycles. The molecule has 0 radical (unpaired) electrons. The van der Waals surface area contributed by atoms with E-state index in [2.05, 4.69) is 5.43 Å². The van der Waals surface area contributed by atoms with Crippen LogP contribution in [0.15, 0.2) is 0 Å². The molecule has 0 saturated heterocycles. The number of halogens is 1. The summed E-state index contributed by atoms with van der Waals surface area (Å²) in [6, 6.07) is 0. The molecular weight excluding hydrogens is 164 g/mol. The molecular formula is C7H15ClN2O. The predicted octanol–water partition coefficient (Wildman–Crippen LogP) is 0.978. The van der Waals surface area contributed by atoms with Crippen LogP contribution in [0.5, 0.6) is 0 Å². The molecule has 66 valence electrons. The van der Waals surface area contributed by atoms with Crippen LogP contribution in [0.1, 0.15) is 32.1 Å². The van der Waals surface area contributed by atoms with E-state index in [-0.39, 0.29) is 24.2 Å². The number of rotatable bonds is 1. The lowest BCUT2D eigenvalue weighted by molar-refractivity contribution is -0.125. The number of carbonyl (C=O) groups excluding carboxylic acids is 1. The lowest BCUT2D eigenvalue weighted by atomic mass is 9.89. The molecule has 1 aliphatic carbocycles. The highest BCUT2D eigenvalue weighted by molar-refractivity contribution is 5.85. The number of nitrogens with one attached hydrogen (secondary N) is 1. The fourth-order valence-electron chi connectivity index (χ4n) is 1.48. The van der Waals surface area contributed by atoms with Gasteiger partial charge in [0, 0.05) is 5.92 Å². The van der Waals surface area contributed by atoms with E-state index in [4.69, 9.17) is 5.84 Å². The average Bonchev–Trinajstić information content (AvgIpc) is 2.05. The van der Waals surface area contributed by atoms with E-state index in [0.717, 1.165) is 12.8 Å². The first-order valence-electron chi connectivity index (χ1n) is 3.85. The highest BCUT2D eigenvalue weighted by Gasteiger charge is 2.19. The van der Waals surface area contributed by atoms with Crippen LogP contribution < -0.4 is 11.3 Å². The average molecular weight is 179 g/mol. The molecule has 1 fully saturated rings. The minimum atomic E-state index is 0. The van der Waals surface area contributed by atoms with Gasteiger partial charge in [0.15, 0.2) is 0 Å². The molecule has 3 nitrogen and oxygen atoms in total. The Morgan fingerprint density at radius 1 is 1.27 bits per heavy atom. The van der Waals surface area contributed by atoms with Gasteiger partial charge >= 0.3 is 0 Å². The zero-order valence-corrected chi connectivity index (χ0v) is 7.32. The number of nitrogens with two attached hydrogens (primary N) is 1. The maximum atomic E-state index is 10.9. The molecule has 1 aliphatic rings. The number of carbonyl (C=O) groups is 1. The fraction of sp³-hybridized carbons (Fsp3) is 0.857. The maximum absolute atomic E-state index is 10.9. The Morgan fingerprint density at radius 2 is 1.82 bits per heavy atom. The van der Waals surface area contributed by atoms with Crippen LogP contribution in [-0.4, -0.2) is 5.91 Å². The Bertz CT molecular complexity index is 124. The molecule has 1 rings (SSSR count). The van der Waals surface area contributed by atoms with Gasteiger partial charge in [-0.1, -0.05) is 19.3 Å². The van der Waals surface area contributed by atoms with E-state index in [0.29, 0.717) is 0 Å². The van der Waals surface area contributed by atoms with Crippen molar-refractivity contribution in [2.75, 3.05) is 0 Å². The third-order valence-corrected chi connectivity index (χ3v) is 2.12. The van der Waals surface area contributed by atoms with E-state index >= 15 is 0 Å². The number of hydrogen-bond donors (Lipinski definition) is 2. The van der Waals surface area contributed by atoms with Gasteiger partial charge in [0.1, 0.15) is 0 Å². The van der Waals surface area contributed by atoms with Crippen molar-refractivity contribution in [3.63, 3.8) is 0 Å². The second-order valence-corrected chi connectivity index (χ2v) is 2.84. The van der Waals surface area contributed by atoms with Gasteiger partial charge in [0.05, 0.1) is 0 Å². The lowest BCUT2D eigenvalue weighted by Crippen LogP contribution is -2.36. The zero-order chi connectivity index (χ0) is 7.40. The SMILES string of the molecule is Cl.NNC(=O)C1CCCCC1. The third kappa shape index (κ3) is 3.08. The summed E-state index contributed by atoms with van der Waals surface area (Å²) < 4.78 is 0. The van der Waals surface area contributed by atoms with Crippen molar-refractivity contribution in [3.8, 4) is 0 Å². The molecule has 3 N–H and O–H groups in total. The van der Waals surface area contributed by atoms with Gasteiger partial charge in [-0.25, -0.2) is 5.84 Å². The van der Waals surface area contributed by atoms with Gasteiger partial charge in [0.25, 0.3) is 0 Å². The first-order chi connectivity index (χ1) is 4.84. The van der Waals surface area contributed by atoms with Gasteiger partial charge in [-0.15, -0.1) is 12.4 Å². The Morgan fingerprint density at radius 3 is 2.27 bits per heavy atom. The largest absolute Gasteiger partial charge is 0.294 e. The van der Waals surface area contributed by atoms with Crippen molar-refractivity contribution in [1.82, 2.24) is 5.43 Å². The van der Waals surface area contributed by atoms with Crippen LogP contribution in [-0.2, 0) is 4.79 Å². The highest BCUT2D eigenvalue weighted by Crippen LogP contribution is 2.23. The second kappa shape index (κ2) is 5.38. The topological polar surface area (TPSA) is 55.1 Å². The Labute approximate surface area is 73.1 Å². The summed E-state index contributed by atoms with van der Waals surface area (Å²) in [5.41, 5.74) is 2.20. The molecule has 4 heteroatoms. The van der Waals surface area contributed by atoms with E-state index in [1.54, 1.807) is 0 Å². The number of hydrogen-bond acceptors (Lipinski definition) is 2. The molecule has 0 heterocycles. The molecule has 0 atom stereocenters. The smallest absolute Gasteiger partial charge is 0.236 e. The van der Waals surface area contributed by atoms with Gasteiger partial charge in [-0.3, -0.25) is 10.2 Å². The summed E-state index contributed by atoms with van der Waals surface area (Å²) in [5, 5.41) is 0. The summed E-state index contributed by atoms with van der Waals surface area (Å²) in [5.74, 6) is 5.21. The van der Waals surface area contributed by atoms with E-state index in [1.807, 2.05) is 0 Å².